The molecular formula is C26H37N9O2. The number of anilines is 4. The van der Waals surface area contributed by atoms with Gasteiger partial charge < -0.3 is 26.0 Å². The number of piperidine rings is 1. The quantitative estimate of drug-likeness (QED) is 0.440. The second-order valence-corrected chi connectivity index (χ2v) is 11.5. The number of primary amides is 1. The molecule has 0 aromatic carbocycles. The minimum atomic E-state index is -0.626. The maximum Gasteiger partial charge on any atom is 0.227 e. The zero-order chi connectivity index (χ0) is 26.5. The van der Waals surface area contributed by atoms with Crippen LogP contribution in [0.5, 0.6) is 0 Å². The van der Waals surface area contributed by atoms with Crippen molar-refractivity contribution in [3.8, 4) is 0 Å². The first-order chi connectivity index (χ1) is 17.4. The summed E-state index contributed by atoms with van der Waals surface area (Å²) in [4.78, 5) is 30.0. The van der Waals surface area contributed by atoms with Crippen LogP contribution in [0.3, 0.4) is 0 Å². The van der Waals surface area contributed by atoms with E-state index in [1.165, 1.54) is 0 Å². The lowest BCUT2D eigenvalue weighted by molar-refractivity contribution is -0.129. The monoisotopic (exact) mass is 507 g/mol. The van der Waals surface area contributed by atoms with Gasteiger partial charge in [0.15, 0.2) is 5.82 Å². The predicted molar refractivity (Wildman–Crippen MR) is 144 cm³/mol. The molecule has 1 amide bonds. The molecule has 2 aliphatic rings. The standard InChI is InChI=1S/C26H37N9O2/c1-16(2)35-19-12-21(30-20-6-9-28-24(31-20)33-10-7-26(5,37)8-11-33)29-13-18(19)22(32-35)34-14-17(15-34)25(3,4)23(27)36/h6,9,12-13,16-17,37H,7-8,10-11,14-15H2,1-5H3,(H2,27,36)(H,28,29,30,31). The van der Waals surface area contributed by atoms with Gasteiger partial charge in [0.05, 0.1) is 16.5 Å². The number of rotatable bonds is 7. The summed E-state index contributed by atoms with van der Waals surface area (Å²) in [5.41, 5.74) is 5.43. The number of hydrogen-bond acceptors (Lipinski definition) is 9. The van der Waals surface area contributed by atoms with E-state index in [1.807, 2.05) is 43.8 Å². The summed E-state index contributed by atoms with van der Waals surface area (Å²) in [5.74, 6) is 2.77. The van der Waals surface area contributed by atoms with Crippen LogP contribution < -0.4 is 20.9 Å². The van der Waals surface area contributed by atoms with Gasteiger partial charge in [-0.2, -0.15) is 10.1 Å². The molecule has 5 heterocycles. The Kier molecular flexibility index (Phi) is 6.21. The lowest BCUT2D eigenvalue weighted by atomic mass is 9.74. The van der Waals surface area contributed by atoms with Gasteiger partial charge >= 0.3 is 0 Å². The van der Waals surface area contributed by atoms with Crippen molar-refractivity contribution in [3.05, 3.63) is 24.5 Å². The summed E-state index contributed by atoms with van der Waals surface area (Å²) < 4.78 is 2.01. The molecule has 11 nitrogen and oxygen atoms in total. The lowest BCUT2D eigenvalue weighted by Crippen LogP contribution is -2.56. The average Bonchev–Trinajstić information content (AvgIpc) is 3.17. The molecule has 0 spiro atoms. The van der Waals surface area contributed by atoms with Gasteiger partial charge in [0.1, 0.15) is 11.6 Å². The van der Waals surface area contributed by atoms with Crippen LogP contribution in [-0.2, 0) is 4.79 Å². The van der Waals surface area contributed by atoms with E-state index >= 15 is 0 Å². The van der Waals surface area contributed by atoms with Crippen LogP contribution >= 0.6 is 0 Å². The van der Waals surface area contributed by atoms with Gasteiger partial charge in [-0.1, -0.05) is 13.8 Å². The largest absolute Gasteiger partial charge is 0.390 e. The number of nitrogens with zero attached hydrogens (tertiary/aromatic N) is 7. The van der Waals surface area contributed by atoms with E-state index in [2.05, 4.69) is 38.9 Å². The van der Waals surface area contributed by atoms with Crippen molar-refractivity contribution in [1.29, 1.82) is 0 Å². The van der Waals surface area contributed by atoms with E-state index in [0.717, 1.165) is 29.8 Å². The third kappa shape index (κ3) is 4.79. The predicted octanol–water partition coefficient (Wildman–Crippen LogP) is 2.84. The number of amides is 1. The molecule has 3 aromatic rings. The van der Waals surface area contributed by atoms with E-state index in [-0.39, 0.29) is 17.9 Å². The molecule has 0 unspecified atom stereocenters. The van der Waals surface area contributed by atoms with Crippen molar-refractivity contribution >= 4 is 40.2 Å². The highest BCUT2D eigenvalue weighted by molar-refractivity contribution is 5.92. The fourth-order valence-electron chi connectivity index (χ4n) is 4.91. The van der Waals surface area contributed by atoms with Gasteiger partial charge in [-0.15, -0.1) is 0 Å². The van der Waals surface area contributed by atoms with Gasteiger partial charge in [-0.05, 0) is 39.7 Å². The zero-order valence-electron chi connectivity index (χ0n) is 22.3. The highest BCUT2D eigenvalue weighted by Crippen LogP contribution is 2.39. The molecule has 37 heavy (non-hydrogen) atoms. The van der Waals surface area contributed by atoms with Gasteiger partial charge in [0, 0.05) is 62.0 Å². The van der Waals surface area contributed by atoms with E-state index in [0.29, 0.717) is 43.5 Å². The van der Waals surface area contributed by atoms with E-state index < -0.39 is 11.0 Å². The first kappa shape index (κ1) is 25.2. The van der Waals surface area contributed by atoms with Crippen molar-refractivity contribution in [2.24, 2.45) is 17.1 Å². The summed E-state index contributed by atoms with van der Waals surface area (Å²) in [7, 11) is 0. The fourth-order valence-corrected chi connectivity index (χ4v) is 4.91. The number of carbonyl (C=O) groups is 1. The Labute approximate surface area is 217 Å². The summed E-state index contributed by atoms with van der Waals surface area (Å²) in [6.45, 7) is 12.8. The van der Waals surface area contributed by atoms with Crippen LogP contribution in [0.2, 0.25) is 0 Å². The van der Waals surface area contributed by atoms with Crippen LogP contribution in [-0.4, -0.2) is 67.5 Å². The van der Waals surface area contributed by atoms with Crippen LogP contribution in [0.1, 0.15) is 53.5 Å². The fraction of sp³-hybridized carbons (Fsp3) is 0.577. The van der Waals surface area contributed by atoms with Crippen molar-refractivity contribution in [3.63, 3.8) is 0 Å². The van der Waals surface area contributed by atoms with Crippen LogP contribution in [0.25, 0.3) is 10.9 Å². The van der Waals surface area contributed by atoms with E-state index in [9.17, 15) is 9.90 Å². The van der Waals surface area contributed by atoms with Crippen LogP contribution in [0.4, 0.5) is 23.4 Å². The number of hydrogen-bond donors (Lipinski definition) is 3. The average molecular weight is 508 g/mol. The smallest absolute Gasteiger partial charge is 0.227 e. The molecule has 11 heteroatoms. The third-order valence-corrected chi connectivity index (χ3v) is 7.92. The molecule has 0 radical (unpaired) electrons. The van der Waals surface area contributed by atoms with E-state index in [4.69, 9.17) is 15.8 Å². The number of aromatic nitrogens is 5. The summed E-state index contributed by atoms with van der Waals surface area (Å²) in [6, 6.07) is 3.98. The molecule has 0 bridgehead atoms. The Morgan fingerprint density at radius 2 is 1.89 bits per heavy atom. The van der Waals surface area contributed by atoms with Gasteiger partial charge in [0.25, 0.3) is 0 Å². The maximum absolute atomic E-state index is 11.9. The number of fused-ring (bicyclic) bond motifs is 1. The molecular weight excluding hydrogens is 470 g/mol. The zero-order valence-corrected chi connectivity index (χ0v) is 22.3. The van der Waals surface area contributed by atoms with Gasteiger partial charge in [-0.25, -0.2) is 9.97 Å². The normalized spacial score (nSPS) is 18.4. The Balaban J connectivity index is 1.36. The van der Waals surface area contributed by atoms with Crippen LogP contribution in [0.15, 0.2) is 24.5 Å². The highest BCUT2D eigenvalue weighted by Gasteiger charge is 2.43. The maximum atomic E-state index is 11.9. The van der Waals surface area contributed by atoms with Gasteiger partial charge in [0.2, 0.25) is 11.9 Å². The van der Waals surface area contributed by atoms with E-state index in [1.54, 1.807) is 6.20 Å². The molecule has 2 aliphatic heterocycles. The SMILES string of the molecule is CC(C)n1nc(N2CC(C(C)(C)C(N)=O)C2)c2cnc(Nc3ccnc(N4CCC(C)(O)CC4)n3)cc21. The number of pyridine rings is 1. The Morgan fingerprint density at radius 1 is 1.19 bits per heavy atom. The topological polar surface area (TPSA) is 138 Å². The molecule has 198 valence electrons. The lowest BCUT2D eigenvalue weighted by Gasteiger charge is -2.46. The Morgan fingerprint density at radius 3 is 2.54 bits per heavy atom. The number of aliphatic hydroxyl groups is 1. The summed E-state index contributed by atoms with van der Waals surface area (Å²) in [6.07, 6.45) is 4.96. The second-order valence-electron chi connectivity index (χ2n) is 11.5. The van der Waals surface area contributed by atoms with Crippen molar-refractivity contribution < 1.29 is 9.90 Å². The number of nitrogens with two attached hydrogens (primary N) is 1. The van der Waals surface area contributed by atoms with Crippen molar-refractivity contribution in [2.75, 3.05) is 41.3 Å². The van der Waals surface area contributed by atoms with Crippen LogP contribution in [0, 0.1) is 11.3 Å². The minimum Gasteiger partial charge on any atom is -0.390 e. The molecule has 0 atom stereocenters. The van der Waals surface area contributed by atoms with Crippen molar-refractivity contribution in [2.45, 2.75) is 59.1 Å². The Bertz CT molecular complexity index is 1300. The third-order valence-electron chi connectivity index (χ3n) is 7.92. The molecule has 5 rings (SSSR count). The minimum absolute atomic E-state index is 0.160. The number of carbonyl (C=O) groups excluding carboxylic acids is 1. The Hall–Kier alpha value is -3.47. The highest BCUT2D eigenvalue weighted by atomic mass is 16.3. The van der Waals surface area contributed by atoms with Gasteiger partial charge in [-0.3, -0.25) is 9.48 Å². The molecule has 0 aliphatic carbocycles. The van der Waals surface area contributed by atoms with Crippen molar-refractivity contribution in [1.82, 2.24) is 24.7 Å². The molecule has 4 N–H and O–H groups in total. The molecule has 2 saturated heterocycles. The first-order valence-electron chi connectivity index (χ1n) is 12.9. The molecule has 0 saturated carbocycles. The number of nitrogens with one attached hydrogen (secondary N) is 1. The second kappa shape index (κ2) is 9.13. The molecule has 2 fully saturated rings. The summed E-state index contributed by atoms with van der Waals surface area (Å²) >= 11 is 0. The first-order valence-corrected chi connectivity index (χ1v) is 12.9. The molecule has 3 aromatic heterocycles. The summed E-state index contributed by atoms with van der Waals surface area (Å²) in [5, 5.41) is 19.4.